The van der Waals surface area contributed by atoms with E-state index in [1.165, 1.54) is 5.69 Å². The number of aryl methyl sites for hydroxylation is 2. The number of rotatable bonds is 1. The third-order valence-electron chi connectivity index (χ3n) is 2.84. The highest BCUT2D eigenvalue weighted by atomic mass is 16.1. The van der Waals surface area contributed by atoms with Crippen molar-refractivity contribution in [2.45, 2.75) is 33.2 Å². The molecule has 1 aliphatic heterocycles. The molecule has 13 heavy (non-hydrogen) atoms. The number of carbonyl (C=O) groups excluding carboxylic acids is 1. The van der Waals surface area contributed by atoms with Gasteiger partial charge in [0, 0.05) is 18.2 Å². The number of aldehydes is 1. The maximum atomic E-state index is 10.7. The topological polar surface area (TPSA) is 34.9 Å². The Balaban J connectivity index is 2.38. The van der Waals surface area contributed by atoms with Crippen LogP contribution in [0, 0.1) is 19.8 Å². The van der Waals surface area contributed by atoms with Gasteiger partial charge in [-0.25, -0.2) is 4.98 Å². The molecule has 1 aliphatic rings. The molecule has 1 aromatic rings. The van der Waals surface area contributed by atoms with Crippen LogP contribution in [0.25, 0.3) is 0 Å². The van der Waals surface area contributed by atoms with Crippen molar-refractivity contribution in [3.63, 3.8) is 0 Å². The van der Waals surface area contributed by atoms with Crippen molar-refractivity contribution in [2.75, 3.05) is 0 Å². The van der Waals surface area contributed by atoms with E-state index in [-0.39, 0.29) is 5.92 Å². The zero-order valence-corrected chi connectivity index (χ0v) is 8.08. The Morgan fingerprint density at radius 1 is 1.54 bits per heavy atom. The number of nitrogens with zero attached hydrogens (tertiary/aromatic N) is 2. The Bertz CT molecular complexity index is 341. The van der Waals surface area contributed by atoms with Crippen molar-refractivity contribution < 1.29 is 4.79 Å². The van der Waals surface area contributed by atoms with Crippen LogP contribution in [0.2, 0.25) is 0 Å². The molecule has 70 valence electrons. The van der Waals surface area contributed by atoms with E-state index in [1.807, 2.05) is 13.8 Å². The molecular weight excluding hydrogens is 164 g/mol. The van der Waals surface area contributed by atoms with E-state index in [2.05, 4.69) is 9.55 Å². The average Bonchev–Trinajstić information content (AvgIpc) is 2.42. The van der Waals surface area contributed by atoms with Crippen LogP contribution in [0.4, 0.5) is 0 Å². The van der Waals surface area contributed by atoms with Gasteiger partial charge in [0.15, 0.2) is 0 Å². The predicted molar refractivity (Wildman–Crippen MR) is 49.6 cm³/mol. The Morgan fingerprint density at radius 2 is 2.31 bits per heavy atom. The molecule has 0 amide bonds. The van der Waals surface area contributed by atoms with E-state index in [0.29, 0.717) is 0 Å². The minimum absolute atomic E-state index is 0.210. The van der Waals surface area contributed by atoms with Crippen LogP contribution in [0.3, 0.4) is 0 Å². The Kier molecular flexibility index (Phi) is 1.94. The molecule has 1 aromatic heterocycles. The second-order valence-electron chi connectivity index (χ2n) is 3.73. The molecule has 3 heteroatoms. The first-order chi connectivity index (χ1) is 6.22. The van der Waals surface area contributed by atoms with Crippen molar-refractivity contribution in [1.82, 2.24) is 9.55 Å². The largest absolute Gasteiger partial charge is 0.332 e. The van der Waals surface area contributed by atoms with Gasteiger partial charge in [-0.3, -0.25) is 0 Å². The van der Waals surface area contributed by atoms with Gasteiger partial charge in [-0.15, -0.1) is 0 Å². The summed E-state index contributed by atoms with van der Waals surface area (Å²) in [6.07, 6.45) is 2.91. The summed E-state index contributed by atoms with van der Waals surface area (Å²) in [4.78, 5) is 15.1. The molecule has 2 rings (SSSR count). The lowest BCUT2D eigenvalue weighted by atomic mass is 9.97. The molecule has 2 heterocycles. The minimum atomic E-state index is 0.210. The van der Waals surface area contributed by atoms with Crippen molar-refractivity contribution in [1.29, 1.82) is 0 Å². The summed E-state index contributed by atoms with van der Waals surface area (Å²) in [5.41, 5.74) is 2.34. The van der Waals surface area contributed by atoms with Crippen LogP contribution in [-0.2, 0) is 17.8 Å². The summed E-state index contributed by atoms with van der Waals surface area (Å²) >= 11 is 0. The van der Waals surface area contributed by atoms with Gasteiger partial charge in [0.05, 0.1) is 5.69 Å². The van der Waals surface area contributed by atoms with Crippen molar-refractivity contribution >= 4 is 6.29 Å². The third-order valence-corrected chi connectivity index (χ3v) is 2.84. The van der Waals surface area contributed by atoms with Crippen LogP contribution in [0.5, 0.6) is 0 Å². The lowest BCUT2D eigenvalue weighted by Gasteiger charge is -2.20. The first-order valence-electron chi connectivity index (χ1n) is 4.70. The quantitative estimate of drug-likeness (QED) is 0.607. The Hall–Kier alpha value is -1.12. The monoisotopic (exact) mass is 178 g/mol. The molecular formula is C10H14N2O. The summed E-state index contributed by atoms with van der Waals surface area (Å²) in [6.45, 7) is 5.00. The van der Waals surface area contributed by atoms with Crippen LogP contribution in [-0.4, -0.2) is 15.8 Å². The van der Waals surface area contributed by atoms with Gasteiger partial charge in [-0.2, -0.15) is 0 Å². The van der Waals surface area contributed by atoms with Crippen molar-refractivity contribution in [2.24, 2.45) is 5.92 Å². The van der Waals surface area contributed by atoms with E-state index >= 15 is 0 Å². The lowest BCUT2D eigenvalue weighted by molar-refractivity contribution is -0.111. The maximum Gasteiger partial charge on any atom is 0.123 e. The Labute approximate surface area is 77.8 Å². The molecule has 0 radical (unpaired) electrons. The summed E-state index contributed by atoms with van der Waals surface area (Å²) < 4.78 is 2.23. The smallest absolute Gasteiger partial charge is 0.123 e. The van der Waals surface area contributed by atoms with Crippen molar-refractivity contribution in [3.05, 3.63) is 17.2 Å². The average molecular weight is 178 g/mol. The number of imidazole rings is 1. The SMILES string of the molecule is Cc1nc(C)n2c1CC(C=O)CC2. The molecule has 0 bridgehead atoms. The van der Waals surface area contributed by atoms with Crippen LogP contribution in [0.1, 0.15) is 23.6 Å². The summed E-state index contributed by atoms with van der Waals surface area (Å²) in [7, 11) is 0. The minimum Gasteiger partial charge on any atom is -0.332 e. The zero-order valence-electron chi connectivity index (χ0n) is 8.08. The number of hydrogen-bond donors (Lipinski definition) is 0. The molecule has 3 nitrogen and oxygen atoms in total. The molecule has 0 N–H and O–H groups in total. The fraction of sp³-hybridized carbons (Fsp3) is 0.600. The van der Waals surface area contributed by atoms with Gasteiger partial charge in [0.25, 0.3) is 0 Å². The van der Waals surface area contributed by atoms with Gasteiger partial charge >= 0.3 is 0 Å². The summed E-state index contributed by atoms with van der Waals surface area (Å²) in [6, 6.07) is 0. The zero-order chi connectivity index (χ0) is 9.42. The van der Waals surface area contributed by atoms with E-state index in [4.69, 9.17) is 0 Å². The third kappa shape index (κ3) is 1.28. The van der Waals surface area contributed by atoms with E-state index in [0.717, 1.165) is 37.2 Å². The van der Waals surface area contributed by atoms with Crippen LogP contribution in [0.15, 0.2) is 0 Å². The molecule has 0 aliphatic carbocycles. The normalized spacial score (nSPS) is 21.2. The number of fused-ring (bicyclic) bond motifs is 1. The second-order valence-corrected chi connectivity index (χ2v) is 3.73. The molecule has 1 atom stereocenters. The van der Waals surface area contributed by atoms with E-state index in [9.17, 15) is 4.79 Å². The van der Waals surface area contributed by atoms with Gasteiger partial charge in [-0.05, 0) is 26.7 Å². The van der Waals surface area contributed by atoms with E-state index < -0.39 is 0 Å². The predicted octanol–water partition coefficient (Wildman–Crippen LogP) is 1.26. The second kappa shape index (κ2) is 2.98. The molecule has 0 aromatic carbocycles. The van der Waals surface area contributed by atoms with Gasteiger partial charge < -0.3 is 9.36 Å². The van der Waals surface area contributed by atoms with E-state index in [1.54, 1.807) is 0 Å². The fourth-order valence-electron chi connectivity index (χ4n) is 2.07. The number of hydrogen-bond acceptors (Lipinski definition) is 2. The lowest BCUT2D eigenvalue weighted by Crippen LogP contribution is -2.20. The highest BCUT2D eigenvalue weighted by Crippen LogP contribution is 2.22. The van der Waals surface area contributed by atoms with Gasteiger partial charge in [0.1, 0.15) is 12.1 Å². The summed E-state index contributed by atoms with van der Waals surface area (Å²) in [5.74, 6) is 1.29. The van der Waals surface area contributed by atoms with Gasteiger partial charge in [-0.1, -0.05) is 0 Å². The molecule has 0 saturated heterocycles. The highest BCUT2D eigenvalue weighted by molar-refractivity contribution is 5.54. The molecule has 1 unspecified atom stereocenters. The number of aromatic nitrogens is 2. The van der Waals surface area contributed by atoms with Gasteiger partial charge in [0.2, 0.25) is 0 Å². The summed E-state index contributed by atoms with van der Waals surface area (Å²) in [5, 5.41) is 0. The van der Waals surface area contributed by atoms with Crippen LogP contribution < -0.4 is 0 Å². The molecule has 0 spiro atoms. The Morgan fingerprint density at radius 3 is 3.00 bits per heavy atom. The van der Waals surface area contributed by atoms with Crippen molar-refractivity contribution in [3.8, 4) is 0 Å². The number of carbonyl (C=O) groups is 1. The fourth-order valence-corrected chi connectivity index (χ4v) is 2.07. The first-order valence-corrected chi connectivity index (χ1v) is 4.70. The first kappa shape index (κ1) is 8.48. The highest BCUT2D eigenvalue weighted by Gasteiger charge is 2.21. The van der Waals surface area contributed by atoms with Crippen LogP contribution >= 0.6 is 0 Å². The maximum absolute atomic E-state index is 10.7. The standard InChI is InChI=1S/C10H14N2O/c1-7-10-5-9(6-13)3-4-12(10)8(2)11-7/h6,9H,3-5H2,1-2H3. The molecule has 0 saturated carbocycles. The molecule has 0 fully saturated rings.